The molecule has 0 fully saturated rings. The highest BCUT2D eigenvalue weighted by Crippen LogP contribution is 1.82. The standard InChI is InChI=1S/C8H16N2O/c1-2-5-8(11)10-7-4-3-6-9/h2,5H,3-4,6-7,9H2,1H3,(H,10,11). The number of carbonyl (C=O) groups excluding carboxylic acids is 1. The number of nitrogens with two attached hydrogens (primary N) is 1. The minimum atomic E-state index is -0.0236. The molecule has 0 bridgehead atoms. The van der Waals surface area contributed by atoms with Gasteiger partial charge in [-0.3, -0.25) is 4.79 Å². The minimum Gasteiger partial charge on any atom is -0.353 e. The van der Waals surface area contributed by atoms with Crippen LogP contribution in [0.2, 0.25) is 0 Å². The molecule has 0 aliphatic carbocycles. The van der Waals surface area contributed by atoms with Crippen LogP contribution in [0, 0.1) is 0 Å². The van der Waals surface area contributed by atoms with Crippen LogP contribution < -0.4 is 11.1 Å². The summed E-state index contributed by atoms with van der Waals surface area (Å²) in [6, 6.07) is 0. The van der Waals surface area contributed by atoms with Crippen molar-refractivity contribution in [1.29, 1.82) is 0 Å². The Labute approximate surface area is 67.7 Å². The highest BCUT2D eigenvalue weighted by atomic mass is 16.1. The summed E-state index contributed by atoms with van der Waals surface area (Å²) in [5.41, 5.74) is 5.28. The van der Waals surface area contributed by atoms with E-state index in [2.05, 4.69) is 5.32 Å². The summed E-state index contributed by atoms with van der Waals surface area (Å²) in [6.45, 7) is 3.24. The zero-order valence-electron chi connectivity index (χ0n) is 6.97. The molecule has 0 saturated heterocycles. The van der Waals surface area contributed by atoms with E-state index in [-0.39, 0.29) is 5.91 Å². The SMILES string of the molecule is CC=CC(=O)NCCCCN. The van der Waals surface area contributed by atoms with Gasteiger partial charge in [-0.15, -0.1) is 0 Å². The molecular weight excluding hydrogens is 140 g/mol. The molecule has 3 heteroatoms. The largest absolute Gasteiger partial charge is 0.353 e. The van der Waals surface area contributed by atoms with Gasteiger partial charge in [0.1, 0.15) is 0 Å². The molecule has 0 rings (SSSR count). The fraction of sp³-hybridized carbons (Fsp3) is 0.625. The molecule has 0 spiro atoms. The van der Waals surface area contributed by atoms with Crippen LogP contribution in [0.25, 0.3) is 0 Å². The molecule has 0 unspecified atom stereocenters. The molecule has 0 saturated carbocycles. The van der Waals surface area contributed by atoms with Crippen LogP contribution in [0.1, 0.15) is 19.8 Å². The summed E-state index contributed by atoms with van der Waals surface area (Å²) in [6.07, 6.45) is 5.16. The van der Waals surface area contributed by atoms with E-state index < -0.39 is 0 Å². The molecule has 0 aliphatic heterocycles. The van der Waals surface area contributed by atoms with Crippen molar-refractivity contribution >= 4 is 5.91 Å². The first-order valence-electron chi connectivity index (χ1n) is 3.92. The predicted octanol–water partition coefficient (Wildman–Crippen LogP) is 0.418. The van der Waals surface area contributed by atoms with Gasteiger partial charge in [0.05, 0.1) is 0 Å². The summed E-state index contributed by atoms with van der Waals surface area (Å²) in [5, 5.41) is 2.74. The Bertz CT molecular complexity index is 132. The number of nitrogens with one attached hydrogen (secondary N) is 1. The fourth-order valence-electron chi connectivity index (χ4n) is 0.691. The third kappa shape index (κ3) is 7.06. The smallest absolute Gasteiger partial charge is 0.243 e. The van der Waals surface area contributed by atoms with Crippen molar-refractivity contribution in [3.8, 4) is 0 Å². The van der Waals surface area contributed by atoms with Crippen molar-refractivity contribution in [3.05, 3.63) is 12.2 Å². The monoisotopic (exact) mass is 156 g/mol. The van der Waals surface area contributed by atoms with Gasteiger partial charge in [-0.2, -0.15) is 0 Å². The van der Waals surface area contributed by atoms with E-state index >= 15 is 0 Å². The van der Waals surface area contributed by atoms with E-state index in [9.17, 15) is 4.79 Å². The number of rotatable bonds is 5. The molecule has 0 aromatic heterocycles. The van der Waals surface area contributed by atoms with Crippen LogP contribution in [0.3, 0.4) is 0 Å². The molecule has 0 heterocycles. The van der Waals surface area contributed by atoms with Crippen LogP contribution in [0.5, 0.6) is 0 Å². The van der Waals surface area contributed by atoms with Crippen molar-refractivity contribution in [3.63, 3.8) is 0 Å². The van der Waals surface area contributed by atoms with Crippen LogP contribution in [-0.2, 0) is 4.79 Å². The van der Waals surface area contributed by atoms with Gasteiger partial charge in [0, 0.05) is 6.54 Å². The van der Waals surface area contributed by atoms with Crippen molar-refractivity contribution < 1.29 is 4.79 Å². The summed E-state index contributed by atoms with van der Waals surface area (Å²) < 4.78 is 0. The normalized spacial score (nSPS) is 10.4. The minimum absolute atomic E-state index is 0.0236. The van der Waals surface area contributed by atoms with Crippen LogP contribution in [-0.4, -0.2) is 19.0 Å². The van der Waals surface area contributed by atoms with Gasteiger partial charge >= 0.3 is 0 Å². The molecule has 3 N–H and O–H groups in total. The molecule has 64 valence electrons. The van der Waals surface area contributed by atoms with Gasteiger partial charge in [0.15, 0.2) is 0 Å². The Morgan fingerprint density at radius 3 is 2.82 bits per heavy atom. The first-order valence-corrected chi connectivity index (χ1v) is 3.92. The quantitative estimate of drug-likeness (QED) is 0.447. The molecule has 3 nitrogen and oxygen atoms in total. The zero-order chi connectivity index (χ0) is 8.53. The van der Waals surface area contributed by atoms with E-state index in [4.69, 9.17) is 5.73 Å². The van der Waals surface area contributed by atoms with Crippen LogP contribution in [0.15, 0.2) is 12.2 Å². The molecule has 0 radical (unpaired) electrons. The number of unbranched alkanes of at least 4 members (excludes halogenated alkanes) is 1. The average Bonchev–Trinajstić information content (AvgIpc) is 1.99. The lowest BCUT2D eigenvalue weighted by molar-refractivity contribution is -0.116. The lowest BCUT2D eigenvalue weighted by Crippen LogP contribution is -2.22. The van der Waals surface area contributed by atoms with Crippen LogP contribution in [0.4, 0.5) is 0 Å². The second kappa shape index (κ2) is 7.28. The number of amides is 1. The summed E-state index contributed by atoms with van der Waals surface area (Å²) >= 11 is 0. The Morgan fingerprint density at radius 1 is 1.55 bits per heavy atom. The molecular formula is C8H16N2O. The molecule has 11 heavy (non-hydrogen) atoms. The number of hydrogen-bond acceptors (Lipinski definition) is 2. The lowest BCUT2D eigenvalue weighted by Gasteiger charge is -1.99. The molecule has 0 aromatic rings. The maximum Gasteiger partial charge on any atom is 0.243 e. The molecule has 1 amide bonds. The predicted molar refractivity (Wildman–Crippen MR) is 46.1 cm³/mol. The second-order valence-electron chi connectivity index (χ2n) is 2.29. The van der Waals surface area contributed by atoms with Crippen molar-refractivity contribution in [1.82, 2.24) is 5.32 Å². The number of allylic oxidation sites excluding steroid dienone is 1. The lowest BCUT2D eigenvalue weighted by atomic mass is 10.3. The van der Waals surface area contributed by atoms with Gasteiger partial charge in [0.2, 0.25) is 5.91 Å². The van der Waals surface area contributed by atoms with Crippen molar-refractivity contribution in [2.24, 2.45) is 5.73 Å². The topological polar surface area (TPSA) is 55.1 Å². The van der Waals surface area contributed by atoms with E-state index in [0.717, 1.165) is 19.4 Å². The first kappa shape index (κ1) is 10.2. The van der Waals surface area contributed by atoms with Gasteiger partial charge in [0.25, 0.3) is 0 Å². The van der Waals surface area contributed by atoms with Gasteiger partial charge in [-0.1, -0.05) is 6.08 Å². The van der Waals surface area contributed by atoms with Crippen molar-refractivity contribution in [2.45, 2.75) is 19.8 Å². The maximum atomic E-state index is 10.8. The van der Waals surface area contributed by atoms with Crippen molar-refractivity contribution in [2.75, 3.05) is 13.1 Å². The molecule has 0 aromatic carbocycles. The third-order valence-electron chi connectivity index (χ3n) is 1.25. The fourth-order valence-corrected chi connectivity index (χ4v) is 0.691. The van der Waals surface area contributed by atoms with Gasteiger partial charge < -0.3 is 11.1 Å². The summed E-state index contributed by atoms with van der Waals surface area (Å²) in [4.78, 5) is 10.8. The second-order valence-corrected chi connectivity index (χ2v) is 2.29. The summed E-state index contributed by atoms with van der Waals surface area (Å²) in [5.74, 6) is -0.0236. The third-order valence-corrected chi connectivity index (χ3v) is 1.25. The van der Waals surface area contributed by atoms with E-state index in [1.54, 1.807) is 6.08 Å². The number of hydrogen-bond donors (Lipinski definition) is 2. The molecule has 0 aliphatic rings. The Hall–Kier alpha value is -0.830. The van der Waals surface area contributed by atoms with E-state index in [0.29, 0.717) is 6.54 Å². The average molecular weight is 156 g/mol. The van der Waals surface area contributed by atoms with E-state index in [1.807, 2.05) is 6.92 Å². The van der Waals surface area contributed by atoms with Gasteiger partial charge in [-0.05, 0) is 32.4 Å². The Morgan fingerprint density at radius 2 is 2.27 bits per heavy atom. The Kier molecular flexibility index (Phi) is 6.73. The Balaban J connectivity index is 3.17. The summed E-state index contributed by atoms with van der Waals surface area (Å²) in [7, 11) is 0. The maximum absolute atomic E-state index is 10.8. The number of carbonyl (C=O) groups is 1. The van der Waals surface area contributed by atoms with Gasteiger partial charge in [-0.25, -0.2) is 0 Å². The highest BCUT2D eigenvalue weighted by Gasteiger charge is 1.91. The van der Waals surface area contributed by atoms with E-state index in [1.165, 1.54) is 6.08 Å². The first-order chi connectivity index (χ1) is 5.31. The van der Waals surface area contributed by atoms with Crippen LogP contribution >= 0.6 is 0 Å². The highest BCUT2D eigenvalue weighted by molar-refractivity contribution is 5.87. The zero-order valence-corrected chi connectivity index (χ0v) is 6.97. The molecule has 0 atom stereocenters.